The molecule has 3 heterocycles. The first-order valence-electron chi connectivity index (χ1n) is 4.48. The van der Waals surface area contributed by atoms with Gasteiger partial charge in [-0.05, 0) is 37.4 Å². The van der Waals surface area contributed by atoms with Crippen molar-refractivity contribution >= 4 is 5.91 Å². The Balaban J connectivity index is 2.13. The van der Waals surface area contributed by atoms with E-state index in [4.69, 9.17) is 5.73 Å². The average Bonchev–Trinajstić information content (AvgIpc) is 2.05. The lowest BCUT2D eigenvalue weighted by Crippen LogP contribution is -2.43. The molecule has 0 saturated carbocycles. The molecular weight excluding hydrogens is 152 g/mol. The summed E-state index contributed by atoms with van der Waals surface area (Å²) in [5.74, 6) is 0.348. The van der Waals surface area contributed by atoms with Gasteiger partial charge in [-0.3, -0.25) is 9.69 Å². The second kappa shape index (κ2) is 2.90. The fraction of sp³-hybridized carbons (Fsp3) is 0.667. The molecule has 3 saturated heterocycles. The molecule has 3 heteroatoms. The van der Waals surface area contributed by atoms with Gasteiger partial charge in [0.25, 0.3) is 0 Å². The normalized spacial score (nSPS) is 37.2. The topological polar surface area (TPSA) is 46.3 Å². The standard InChI is InChI=1S/C9H14N2O/c10-9(12)5-8-6-11-3-1-7(8)2-4-11/h5,7H,1-4,6H2,(H2,10,12)/b8-5-. The van der Waals surface area contributed by atoms with E-state index < -0.39 is 0 Å². The number of nitrogens with zero attached hydrogens (tertiary/aromatic N) is 1. The third-order valence-corrected chi connectivity index (χ3v) is 2.85. The van der Waals surface area contributed by atoms with Crippen LogP contribution in [0.5, 0.6) is 0 Å². The van der Waals surface area contributed by atoms with Crippen molar-refractivity contribution in [1.82, 2.24) is 4.90 Å². The highest BCUT2D eigenvalue weighted by Crippen LogP contribution is 2.31. The maximum Gasteiger partial charge on any atom is 0.241 e. The highest BCUT2D eigenvalue weighted by Gasteiger charge is 2.29. The van der Waals surface area contributed by atoms with Crippen LogP contribution in [0, 0.1) is 5.92 Å². The van der Waals surface area contributed by atoms with Crippen LogP contribution in [-0.4, -0.2) is 30.4 Å². The van der Waals surface area contributed by atoms with Gasteiger partial charge in [-0.25, -0.2) is 0 Å². The lowest BCUT2D eigenvalue weighted by Gasteiger charge is -2.40. The fourth-order valence-corrected chi connectivity index (χ4v) is 2.20. The molecule has 3 aliphatic rings. The lowest BCUT2D eigenvalue weighted by molar-refractivity contribution is -0.113. The summed E-state index contributed by atoms with van der Waals surface area (Å²) < 4.78 is 0. The third-order valence-electron chi connectivity index (χ3n) is 2.85. The highest BCUT2D eigenvalue weighted by molar-refractivity contribution is 5.86. The van der Waals surface area contributed by atoms with Crippen LogP contribution in [-0.2, 0) is 4.79 Å². The Bertz CT molecular complexity index is 227. The number of piperidine rings is 3. The Hall–Kier alpha value is -0.830. The van der Waals surface area contributed by atoms with E-state index >= 15 is 0 Å². The molecule has 0 atom stereocenters. The molecule has 0 unspecified atom stereocenters. The first kappa shape index (κ1) is 7.80. The van der Waals surface area contributed by atoms with Crippen LogP contribution in [0.25, 0.3) is 0 Å². The Morgan fingerprint density at radius 3 is 2.58 bits per heavy atom. The Kier molecular flexibility index (Phi) is 1.89. The van der Waals surface area contributed by atoms with Crippen molar-refractivity contribution in [3.63, 3.8) is 0 Å². The van der Waals surface area contributed by atoms with Gasteiger partial charge in [0, 0.05) is 12.6 Å². The van der Waals surface area contributed by atoms with Crippen LogP contribution < -0.4 is 5.73 Å². The first-order chi connectivity index (χ1) is 5.75. The van der Waals surface area contributed by atoms with E-state index in [2.05, 4.69) is 4.90 Å². The van der Waals surface area contributed by atoms with E-state index in [-0.39, 0.29) is 5.91 Å². The average molecular weight is 166 g/mol. The number of hydrogen-bond donors (Lipinski definition) is 1. The van der Waals surface area contributed by atoms with Crippen molar-refractivity contribution in [2.45, 2.75) is 12.8 Å². The Morgan fingerprint density at radius 1 is 1.50 bits per heavy atom. The molecule has 12 heavy (non-hydrogen) atoms. The maximum atomic E-state index is 10.7. The van der Waals surface area contributed by atoms with Crippen molar-refractivity contribution in [1.29, 1.82) is 0 Å². The summed E-state index contributed by atoms with van der Waals surface area (Å²) in [4.78, 5) is 13.1. The van der Waals surface area contributed by atoms with Gasteiger partial charge in [-0.15, -0.1) is 0 Å². The van der Waals surface area contributed by atoms with Gasteiger partial charge in [0.05, 0.1) is 0 Å². The molecule has 3 rings (SSSR count). The zero-order chi connectivity index (χ0) is 8.55. The van der Waals surface area contributed by atoms with Gasteiger partial charge < -0.3 is 5.73 Å². The van der Waals surface area contributed by atoms with Gasteiger partial charge in [0.1, 0.15) is 0 Å². The number of hydrogen-bond acceptors (Lipinski definition) is 2. The SMILES string of the molecule is NC(=O)/C=C1/CN2CCC1CC2. The molecule has 0 spiro atoms. The van der Waals surface area contributed by atoms with E-state index in [1.165, 1.54) is 31.5 Å². The molecule has 66 valence electrons. The van der Waals surface area contributed by atoms with Crippen molar-refractivity contribution < 1.29 is 4.79 Å². The number of primary amides is 1. The number of fused-ring (bicyclic) bond motifs is 3. The van der Waals surface area contributed by atoms with Gasteiger partial charge in [0.15, 0.2) is 0 Å². The van der Waals surface area contributed by atoms with Gasteiger partial charge in [0.2, 0.25) is 5.91 Å². The van der Waals surface area contributed by atoms with E-state index in [1.54, 1.807) is 6.08 Å². The molecule has 2 bridgehead atoms. The van der Waals surface area contributed by atoms with Gasteiger partial charge in [-0.1, -0.05) is 0 Å². The number of carbonyl (C=O) groups excluding carboxylic acids is 1. The number of nitrogens with two attached hydrogens (primary N) is 1. The summed E-state index contributed by atoms with van der Waals surface area (Å²) in [6, 6.07) is 0. The summed E-state index contributed by atoms with van der Waals surface area (Å²) in [5.41, 5.74) is 6.37. The molecule has 0 aromatic heterocycles. The first-order valence-corrected chi connectivity index (χ1v) is 4.48. The predicted octanol–water partition coefficient (Wildman–Crippen LogP) is 0.124. The molecule has 2 N–H and O–H groups in total. The maximum absolute atomic E-state index is 10.7. The smallest absolute Gasteiger partial charge is 0.241 e. The van der Waals surface area contributed by atoms with E-state index in [1.807, 2.05) is 0 Å². The monoisotopic (exact) mass is 166 g/mol. The molecule has 3 aliphatic heterocycles. The Morgan fingerprint density at radius 2 is 2.17 bits per heavy atom. The largest absolute Gasteiger partial charge is 0.366 e. The van der Waals surface area contributed by atoms with E-state index in [0.29, 0.717) is 5.92 Å². The van der Waals surface area contributed by atoms with Gasteiger partial charge in [-0.2, -0.15) is 0 Å². The quantitative estimate of drug-likeness (QED) is 0.562. The predicted molar refractivity (Wildman–Crippen MR) is 46.4 cm³/mol. The highest BCUT2D eigenvalue weighted by atomic mass is 16.1. The molecule has 1 amide bonds. The fourth-order valence-electron chi connectivity index (χ4n) is 2.20. The summed E-state index contributed by atoms with van der Waals surface area (Å²) in [6.07, 6.45) is 4.04. The molecule has 0 radical (unpaired) electrons. The van der Waals surface area contributed by atoms with Crippen LogP contribution in [0.2, 0.25) is 0 Å². The summed E-state index contributed by atoms with van der Waals surface area (Å²) >= 11 is 0. The number of rotatable bonds is 1. The summed E-state index contributed by atoms with van der Waals surface area (Å²) in [6.45, 7) is 3.36. The minimum absolute atomic E-state index is 0.293. The zero-order valence-electron chi connectivity index (χ0n) is 7.12. The molecule has 0 aromatic rings. The zero-order valence-corrected chi connectivity index (χ0v) is 7.12. The Labute approximate surface area is 72.2 Å². The van der Waals surface area contributed by atoms with Crippen LogP contribution >= 0.6 is 0 Å². The van der Waals surface area contributed by atoms with E-state index in [9.17, 15) is 4.79 Å². The van der Waals surface area contributed by atoms with Crippen molar-refractivity contribution in [3.8, 4) is 0 Å². The van der Waals surface area contributed by atoms with Crippen molar-refractivity contribution in [2.75, 3.05) is 19.6 Å². The molecule has 0 aliphatic carbocycles. The minimum atomic E-state index is -0.293. The second-order valence-electron chi connectivity index (χ2n) is 3.67. The van der Waals surface area contributed by atoms with Gasteiger partial charge >= 0.3 is 0 Å². The van der Waals surface area contributed by atoms with Crippen molar-refractivity contribution in [2.24, 2.45) is 11.7 Å². The van der Waals surface area contributed by atoms with E-state index in [0.717, 1.165) is 6.54 Å². The van der Waals surface area contributed by atoms with Crippen molar-refractivity contribution in [3.05, 3.63) is 11.6 Å². The second-order valence-corrected chi connectivity index (χ2v) is 3.67. The van der Waals surface area contributed by atoms with Crippen LogP contribution in [0.3, 0.4) is 0 Å². The van der Waals surface area contributed by atoms with Crippen LogP contribution in [0.15, 0.2) is 11.6 Å². The van der Waals surface area contributed by atoms with Crippen LogP contribution in [0.4, 0.5) is 0 Å². The number of carbonyl (C=O) groups is 1. The molecular formula is C9H14N2O. The summed E-state index contributed by atoms with van der Waals surface area (Å²) in [5, 5.41) is 0. The summed E-state index contributed by atoms with van der Waals surface area (Å²) in [7, 11) is 0. The number of amides is 1. The molecule has 3 nitrogen and oxygen atoms in total. The minimum Gasteiger partial charge on any atom is -0.366 e. The molecule has 0 aromatic carbocycles. The third kappa shape index (κ3) is 1.37. The van der Waals surface area contributed by atoms with Crippen LogP contribution in [0.1, 0.15) is 12.8 Å². The molecule has 3 fully saturated rings. The lowest BCUT2D eigenvalue weighted by atomic mass is 9.83.